The van der Waals surface area contributed by atoms with Crippen molar-refractivity contribution in [3.63, 3.8) is 0 Å². The summed E-state index contributed by atoms with van der Waals surface area (Å²) in [6.07, 6.45) is 2.44. The molecule has 0 saturated carbocycles. The second-order valence-electron chi connectivity index (χ2n) is 4.71. The van der Waals surface area contributed by atoms with Crippen molar-refractivity contribution in [1.29, 1.82) is 0 Å². The van der Waals surface area contributed by atoms with Crippen LogP contribution in [0, 0.1) is 5.92 Å². The van der Waals surface area contributed by atoms with E-state index in [9.17, 15) is 4.79 Å². The highest BCUT2D eigenvalue weighted by molar-refractivity contribution is 5.91. The van der Waals surface area contributed by atoms with Crippen LogP contribution >= 0.6 is 0 Å². The Labute approximate surface area is 80.6 Å². The van der Waals surface area contributed by atoms with Gasteiger partial charge in [0.2, 0.25) is 0 Å². The quantitative estimate of drug-likeness (QED) is 0.606. The van der Waals surface area contributed by atoms with Crippen LogP contribution in [0.15, 0.2) is 12.7 Å². The van der Waals surface area contributed by atoms with E-state index >= 15 is 0 Å². The van der Waals surface area contributed by atoms with Gasteiger partial charge in [0.1, 0.15) is 0 Å². The predicted molar refractivity (Wildman–Crippen MR) is 54.6 cm³/mol. The van der Waals surface area contributed by atoms with Crippen molar-refractivity contribution in [3.05, 3.63) is 12.7 Å². The van der Waals surface area contributed by atoms with Crippen molar-refractivity contribution in [3.8, 4) is 0 Å². The minimum absolute atomic E-state index is 0.191. The molecule has 0 N–H and O–H groups in total. The van der Waals surface area contributed by atoms with E-state index in [1.165, 1.54) is 6.08 Å². The lowest BCUT2D eigenvalue weighted by molar-refractivity contribution is -0.117. The summed E-state index contributed by atoms with van der Waals surface area (Å²) in [5.41, 5.74) is 0.191. The van der Waals surface area contributed by atoms with Gasteiger partial charge in [-0.3, -0.25) is 9.69 Å². The van der Waals surface area contributed by atoms with Gasteiger partial charge in [0.15, 0.2) is 5.78 Å². The highest BCUT2D eigenvalue weighted by Gasteiger charge is 2.32. The van der Waals surface area contributed by atoms with Gasteiger partial charge >= 0.3 is 0 Å². The first kappa shape index (κ1) is 10.5. The first-order valence-corrected chi connectivity index (χ1v) is 4.86. The van der Waals surface area contributed by atoms with E-state index in [1.54, 1.807) is 0 Å². The first-order chi connectivity index (χ1) is 5.95. The average molecular weight is 181 g/mol. The maximum absolute atomic E-state index is 11.3. The summed E-state index contributed by atoms with van der Waals surface area (Å²) in [6, 6.07) is 0. The summed E-state index contributed by atoms with van der Waals surface area (Å²) >= 11 is 0. The van der Waals surface area contributed by atoms with Gasteiger partial charge in [0, 0.05) is 18.0 Å². The number of hydrogen-bond acceptors (Lipinski definition) is 2. The van der Waals surface area contributed by atoms with E-state index < -0.39 is 0 Å². The SMILES string of the molecule is C=CC(=O)C1CCN(C(C)(C)C)C1. The number of carbonyl (C=O) groups excluding carboxylic acids is 1. The molecule has 74 valence electrons. The third-order valence-electron chi connectivity index (χ3n) is 2.74. The van der Waals surface area contributed by atoms with Gasteiger partial charge in [-0.05, 0) is 39.8 Å². The van der Waals surface area contributed by atoms with Crippen molar-refractivity contribution in [1.82, 2.24) is 4.90 Å². The molecule has 1 saturated heterocycles. The molecular formula is C11H19NO. The molecule has 0 aromatic carbocycles. The average Bonchev–Trinajstić information content (AvgIpc) is 2.50. The zero-order valence-corrected chi connectivity index (χ0v) is 8.84. The number of carbonyl (C=O) groups is 1. The van der Waals surface area contributed by atoms with Gasteiger partial charge in [-0.25, -0.2) is 0 Å². The maximum atomic E-state index is 11.3. The molecule has 0 aromatic rings. The molecule has 0 radical (unpaired) electrons. The van der Waals surface area contributed by atoms with Crippen molar-refractivity contribution in [2.45, 2.75) is 32.7 Å². The summed E-state index contributed by atoms with van der Waals surface area (Å²) < 4.78 is 0. The van der Waals surface area contributed by atoms with Crippen LogP contribution in [0.2, 0.25) is 0 Å². The van der Waals surface area contributed by atoms with Crippen LogP contribution in [0.5, 0.6) is 0 Å². The van der Waals surface area contributed by atoms with Crippen molar-refractivity contribution in [2.75, 3.05) is 13.1 Å². The Bertz CT molecular complexity index is 215. The third kappa shape index (κ3) is 2.41. The monoisotopic (exact) mass is 181 g/mol. The van der Waals surface area contributed by atoms with Crippen LogP contribution in [0.4, 0.5) is 0 Å². The van der Waals surface area contributed by atoms with Crippen LogP contribution in [0.3, 0.4) is 0 Å². The Balaban J connectivity index is 2.54. The molecule has 1 aliphatic rings. The van der Waals surface area contributed by atoms with Crippen LogP contribution in [-0.4, -0.2) is 29.3 Å². The third-order valence-corrected chi connectivity index (χ3v) is 2.74. The van der Waals surface area contributed by atoms with Gasteiger partial charge in [0.25, 0.3) is 0 Å². The molecule has 2 nitrogen and oxygen atoms in total. The lowest BCUT2D eigenvalue weighted by Gasteiger charge is -2.31. The minimum Gasteiger partial charge on any atom is -0.298 e. The standard InChI is InChI=1S/C11H19NO/c1-5-10(13)9-6-7-12(8-9)11(2,3)4/h5,9H,1,6-8H2,2-4H3. The number of likely N-dealkylation sites (tertiary alicyclic amines) is 1. The smallest absolute Gasteiger partial charge is 0.159 e. The lowest BCUT2D eigenvalue weighted by Crippen LogP contribution is -2.39. The van der Waals surface area contributed by atoms with Crippen LogP contribution in [-0.2, 0) is 4.79 Å². The topological polar surface area (TPSA) is 20.3 Å². The molecule has 2 heteroatoms. The van der Waals surface area contributed by atoms with Gasteiger partial charge in [0.05, 0.1) is 0 Å². The zero-order chi connectivity index (χ0) is 10.1. The van der Waals surface area contributed by atoms with E-state index in [0.717, 1.165) is 19.5 Å². The van der Waals surface area contributed by atoms with E-state index in [2.05, 4.69) is 32.3 Å². The van der Waals surface area contributed by atoms with Crippen molar-refractivity contribution in [2.24, 2.45) is 5.92 Å². The number of allylic oxidation sites excluding steroid dienone is 1. The number of hydrogen-bond donors (Lipinski definition) is 0. The lowest BCUT2D eigenvalue weighted by atomic mass is 10.0. The molecule has 0 bridgehead atoms. The molecule has 1 unspecified atom stereocenters. The first-order valence-electron chi connectivity index (χ1n) is 4.86. The normalized spacial score (nSPS) is 24.7. The fourth-order valence-corrected chi connectivity index (χ4v) is 1.77. The van der Waals surface area contributed by atoms with Gasteiger partial charge in [-0.2, -0.15) is 0 Å². The largest absolute Gasteiger partial charge is 0.298 e. The molecule has 0 aliphatic carbocycles. The summed E-state index contributed by atoms with van der Waals surface area (Å²) in [4.78, 5) is 13.7. The van der Waals surface area contributed by atoms with Gasteiger partial charge < -0.3 is 0 Å². The van der Waals surface area contributed by atoms with Crippen LogP contribution in [0.25, 0.3) is 0 Å². The Morgan fingerprint density at radius 1 is 1.54 bits per heavy atom. The maximum Gasteiger partial charge on any atom is 0.159 e. The Morgan fingerprint density at radius 2 is 2.15 bits per heavy atom. The van der Waals surface area contributed by atoms with E-state index in [-0.39, 0.29) is 17.2 Å². The Hall–Kier alpha value is -0.630. The number of nitrogens with zero attached hydrogens (tertiary/aromatic N) is 1. The van der Waals surface area contributed by atoms with E-state index in [0.29, 0.717) is 0 Å². The summed E-state index contributed by atoms with van der Waals surface area (Å²) in [7, 11) is 0. The van der Waals surface area contributed by atoms with Gasteiger partial charge in [-0.1, -0.05) is 6.58 Å². The molecule has 0 amide bonds. The second kappa shape index (κ2) is 3.62. The number of rotatable bonds is 2. The van der Waals surface area contributed by atoms with E-state index in [1.807, 2.05) is 0 Å². The second-order valence-corrected chi connectivity index (χ2v) is 4.71. The van der Waals surface area contributed by atoms with Crippen LogP contribution < -0.4 is 0 Å². The molecule has 0 aromatic heterocycles. The minimum atomic E-state index is 0.191. The highest BCUT2D eigenvalue weighted by atomic mass is 16.1. The van der Waals surface area contributed by atoms with Crippen LogP contribution in [0.1, 0.15) is 27.2 Å². The Morgan fingerprint density at radius 3 is 2.54 bits per heavy atom. The molecule has 1 rings (SSSR count). The highest BCUT2D eigenvalue weighted by Crippen LogP contribution is 2.24. The molecule has 1 aliphatic heterocycles. The molecule has 13 heavy (non-hydrogen) atoms. The fraction of sp³-hybridized carbons (Fsp3) is 0.727. The molecule has 1 atom stereocenters. The molecule has 1 heterocycles. The summed E-state index contributed by atoms with van der Waals surface area (Å²) in [5.74, 6) is 0.392. The summed E-state index contributed by atoms with van der Waals surface area (Å²) in [6.45, 7) is 12.0. The Kier molecular flexibility index (Phi) is 2.91. The van der Waals surface area contributed by atoms with Crippen molar-refractivity contribution >= 4 is 5.78 Å². The molecule has 1 fully saturated rings. The number of ketones is 1. The fourth-order valence-electron chi connectivity index (χ4n) is 1.77. The van der Waals surface area contributed by atoms with Crippen molar-refractivity contribution < 1.29 is 4.79 Å². The summed E-state index contributed by atoms with van der Waals surface area (Å²) in [5, 5.41) is 0. The van der Waals surface area contributed by atoms with Gasteiger partial charge in [-0.15, -0.1) is 0 Å². The zero-order valence-electron chi connectivity index (χ0n) is 8.84. The molecule has 0 spiro atoms. The molecular weight excluding hydrogens is 162 g/mol. The van der Waals surface area contributed by atoms with E-state index in [4.69, 9.17) is 0 Å². The predicted octanol–water partition coefficient (Wildman–Crippen LogP) is 1.86.